The van der Waals surface area contributed by atoms with E-state index in [2.05, 4.69) is 22.5 Å². The summed E-state index contributed by atoms with van der Waals surface area (Å²) in [5, 5.41) is 6.68. The van der Waals surface area contributed by atoms with E-state index in [0.29, 0.717) is 11.0 Å². The van der Waals surface area contributed by atoms with Gasteiger partial charge in [-0.3, -0.25) is 0 Å². The average Bonchev–Trinajstić information content (AvgIpc) is 2.27. The van der Waals surface area contributed by atoms with Crippen molar-refractivity contribution in [2.24, 2.45) is 0 Å². The highest BCUT2D eigenvalue weighted by Crippen LogP contribution is 2.19. The lowest BCUT2D eigenvalue weighted by atomic mass is 10.4. The molecule has 0 saturated carbocycles. The molecule has 0 saturated heterocycles. The van der Waals surface area contributed by atoms with E-state index in [1.807, 2.05) is 12.1 Å². The van der Waals surface area contributed by atoms with Gasteiger partial charge >= 0.3 is 0 Å². The summed E-state index contributed by atoms with van der Waals surface area (Å²) in [5.41, 5.74) is 0.772. The Balaban J connectivity index is 2.59. The van der Waals surface area contributed by atoms with Gasteiger partial charge in [-0.15, -0.1) is 0 Å². The molecule has 5 heteroatoms. The van der Waals surface area contributed by atoms with Crippen LogP contribution in [0.25, 0.3) is 0 Å². The normalized spacial score (nSPS) is 9.47. The van der Waals surface area contributed by atoms with Gasteiger partial charge in [-0.05, 0) is 30.8 Å². The number of nitrogens with one attached hydrogen (secondary N) is 2. The van der Waals surface area contributed by atoms with Gasteiger partial charge in [0, 0.05) is 12.7 Å². The summed E-state index contributed by atoms with van der Waals surface area (Å²) in [7, 11) is 1.58. The number of rotatable bonds is 4. The molecule has 0 unspecified atom stereocenters. The van der Waals surface area contributed by atoms with Gasteiger partial charge < -0.3 is 15.4 Å². The van der Waals surface area contributed by atoms with E-state index in [0.717, 1.165) is 18.7 Å². The van der Waals surface area contributed by atoms with Crippen molar-refractivity contribution in [3.63, 3.8) is 0 Å². The molecule has 1 aromatic heterocycles. The second kappa shape index (κ2) is 6.19. The van der Waals surface area contributed by atoms with Crippen LogP contribution >= 0.6 is 12.2 Å². The second-order valence-corrected chi connectivity index (χ2v) is 3.35. The molecule has 1 heterocycles. The Kier molecular flexibility index (Phi) is 4.83. The van der Waals surface area contributed by atoms with Crippen LogP contribution in [0.15, 0.2) is 18.3 Å². The minimum absolute atomic E-state index is 0.540. The molecule has 0 spiro atoms. The maximum absolute atomic E-state index is 5.10. The van der Waals surface area contributed by atoms with Crippen LogP contribution in [0.1, 0.15) is 13.3 Å². The van der Waals surface area contributed by atoms with E-state index in [1.54, 1.807) is 13.3 Å². The molecule has 0 atom stereocenters. The largest absolute Gasteiger partial charge is 0.480 e. The van der Waals surface area contributed by atoms with Crippen molar-refractivity contribution in [3.8, 4) is 5.88 Å². The number of hydrogen-bond acceptors (Lipinski definition) is 3. The summed E-state index contributed by atoms with van der Waals surface area (Å²) in [5.74, 6) is 0.540. The van der Waals surface area contributed by atoms with E-state index in [4.69, 9.17) is 17.0 Å². The summed E-state index contributed by atoms with van der Waals surface area (Å²) in [4.78, 5) is 4.06. The van der Waals surface area contributed by atoms with Gasteiger partial charge in [-0.1, -0.05) is 6.92 Å². The van der Waals surface area contributed by atoms with Crippen LogP contribution in [0, 0.1) is 0 Å². The molecule has 2 N–H and O–H groups in total. The highest BCUT2D eigenvalue weighted by molar-refractivity contribution is 7.80. The molecule has 0 fully saturated rings. The Hall–Kier alpha value is -1.36. The number of anilines is 1. The van der Waals surface area contributed by atoms with Gasteiger partial charge in [-0.2, -0.15) is 0 Å². The third-order valence-corrected chi connectivity index (χ3v) is 1.99. The summed E-state index contributed by atoms with van der Waals surface area (Å²) < 4.78 is 5.09. The summed E-state index contributed by atoms with van der Waals surface area (Å²) in [6.45, 7) is 2.94. The fraction of sp³-hybridized carbons (Fsp3) is 0.400. The van der Waals surface area contributed by atoms with Crippen LogP contribution in [0.3, 0.4) is 0 Å². The zero-order chi connectivity index (χ0) is 11.1. The highest BCUT2D eigenvalue weighted by atomic mass is 32.1. The van der Waals surface area contributed by atoms with E-state index in [9.17, 15) is 0 Å². The van der Waals surface area contributed by atoms with Crippen LogP contribution in [0.5, 0.6) is 5.88 Å². The maximum atomic E-state index is 5.10. The molecule has 0 aliphatic heterocycles. The first-order valence-corrected chi connectivity index (χ1v) is 5.22. The molecular formula is C10H15N3OS. The summed E-state index contributed by atoms with van der Waals surface area (Å²) >= 11 is 5.10. The molecule has 4 nitrogen and oxygen atoms in total. The Bertz CT molecular complexity index is 330. The number of nitrogens with zero attached hydrogens (tertiary/aromatic N) is 1. The van der Waals surface area contributed by atoms with E-state index in [1.165, 1.54) is 0 Å². The monoisotopic (exact) mass is 225 g/mol. The molecule has 82 valence electrons. The Labute approximate surface area is 95.0 Å². The topological polar surface area (TPSA) is 46.2 Å². The van der Waals surface area contributed by atoms with Crippen molar-refractivity contribution in [3.05, 3.63) is 18.3 Å². The van der Waals surface area contributed by atoms with Crippen LogP contribution in [0.2, 0.25) is 0 Å². The van der Waals surface area contributed by atoms with Gasteiger partial charge in [-0.25, -0.2) is 4.98 Å². The molecule has 0 amide bonds. The van der Waals surface area contributed by atoms with Crippen LogP contribution in [-0.2, 0) is 0 Å². The van der Waals surface area contributed by atoms with E-state index < -0.39 is 0 Å². The third-order valence-electron chi connectivity index (χ3n) is 1.75. The second-order valence-electron chi connectivity index (χ2n) is 2.94. The van der Waals surface area contributed by atoms with Gasteiger partial charge in [0.25, 0.3) is 0 Å². The zero-order valence-corrected chi connectivity index (χ0v) is 9.73. The standard InChI is InChI=1S/C10H15N3OS/c1-3-6-12-10(15)13-8-5-4-7-11-9(8)14-2/h4-5,7H,3,6H2,1-2H3,(H2,12,13,15). The molecule has 0 aliphatic rings. The van der Waals surface area contributed by atoms with Crippen molar-refractivity contribution in [1.82, 2.24) is 10.3 Å². The van der Waals surface area contributed by atoms with Gasteiger partial charge in [0.1, 0.15) is 5.69 Å². The fourth-order valence-electron chi connectivity index (χ4n) is 1.05. The van der Waals surface area contributed by atoms with E-state index >= 15 is 0 Å². The van der Waals surface area contributed by atoms with Crippen molar-refractivity contribution in [2.45, 2.75) is 13.3 Å². The summed E-state index contributed by atoms with van der Waals surface area (Å²) in [6.07, 6.45) is 2.71. The number of pyridine rings is 1. The summed E-state index contributed by atoms with van der Waals surface area (Å²) in [6, 6.07) is 3.69. The third kappa shape index (κ3) is 3.71. The van der Waals surface area contributed by atoms with Crippen molar-refractivity contribution in [1.29, 1.82) is 0 Å². The van der Waals surface area contributed by atoms with Crippen LogP contribution in [0.4, 0.5) is 5.69 Å². The molecule has 0 bridgehead atoms. The zero-order valence-electron chi connectivity index (χ0n) is 8.91. The molecule has 0 aliphatic carbocycles. The van der Waals surface area contributed by atoms with Gasteiger partial charge in [0.05, 0.1) is 7.11 Å². The van der Waals surface area contributed by atoms with Gasteiger partial charge in [0.15, 0.2) is 5.11 Å². The molecule has 1 rings (SSSR count). The number of ether oxygens (including phenoxy) is 1. The molecular weight excluding hydrogens is 210 g/mol. The quantitative estimate of drug-likeness (QED) is 0.765. The van der Waals surface area contributed by atoms with Crippen molar-refractivity contribution >= 4 is 23.0 Å². The van der Waals surface area contributed by atoms with Gasteiger partial charge in [0.2, 0.25) is 5.88 Å². The Morgan fingerprint density at radius 2 is 2.40 bits per heavy atom. The molecule has 15 heavy (non-hydrogen) atoms. The predicted octanol–water partition coefficient (Wildman–Crippen LogP) is 1.79. The first kappa shape index (κ1) is 11.7. The lowest BCUT2D eigenvalue weighted by Crippen LogP contribution is -2.29. The smallest absolute Gasteiger partial charge is 0.237 e. The van der Waals surface area contributed by atoms with E-state index in [-0.39, 0.29) is 0 Å². The van der Waals surface area contributed by atoms with Crippen molar-refractivity contribution in [2.75, 3.05) is 19.0 Å². The number of thiocarbonyl (C=S) groups is 1. The Morgan fingerprint density at radius 3 is 3.07 bits per heavy atom. The number of methoxy groups -OCH3 is 1. The lowest BCUT2D eigenvalue weighted by Gasteiger charge is -2.11. The predicted molar refractivity (Wildman–Crippen MR) is 65.3 cm³/mol. The first-order valence-electron chi connectivity index (χ1n) is 4.81. The molecule has 0 radical (unpaired) electrons. The van der Waals surface area contributed by atoms with Crippen LogP contribution < -0.4 is 15.4 Å². The number of hydrogen-bond donors (Lipinski definition) is 2. The van der Waals surface area contributed by atoms with Crippen molar-refractivity contribution < 1.29 is 4.74 Å². The maximum Gasteiger partial charge on any atom is 0.237 e. The lowest BCUT2D eigenvalue weighted by molar-refractivity contribution is 0.400. The average molecular weight is 225 g/mol. The molecule has 0 aromatic carbocycles. The first-order chi connectivity index (χ1) is 7.27. The number of aromatic nitrogens is 1. The minimum atomic E-state index is 0.540. The highest BCUT2D eigenvalue weighted by Gasteiger charge is 2.03. The SMILES string of the molecule is CCCNC(=S)Nc1cccnc1OC. The Morgan fingerprint density at radius 1 is 1.60 bits per heavy atom. The fourth-order valence-corrected chi connectivity index (χ4v) is 1.27. The van der Waals surface area contributed by atoms with Crippen LogP contribution in [-0.4, -0.2) is 23.8 Å². The minimum Gasteiger partial charge on any atom is -0.480 e. The molecule has 1 aromatic rings.